The molecule has 1 heterocycles. The first kappa shape index (κ1) is 27.1. The van der Waals surface area contributed by atoms with Crippen LogP contribution in [0, 0.1) is 0 Å². The van der Waals surface area contributed by atoms with Crippen molar-refractivity contribution in [2.24, 2.45) is 0 Å². The number of hydrogen-bond donors (Lipinski definition) is 2. The van der Waals surface area contributed by atoms with Crippen molar-refractivity contribution in [3.8, 4) is 0 Å². The predicted octanol–water partition coefficient (Wildman–Crippen LogP) is 5.87. The Morgan fingerprint density at radius 1 is 0.947 bits per heavy atom. The lowest BCUT2D eigenvalue weighted by molar-refractivity contribution is -0.141. The molecule has 0 unspecified atom stereocenters. The summed E-state index contributed by atoms with van der Waals surface area (Å²) >= 11 is 6.44. The van der Waals surface area contributed by atoms with E-state index in [-0.39, 0.29) is 12.3 Å². The average Bonchev–Trinajstić information content (AvgIpc) is 3.30. The summed E-state index contributed by atoms with van der Waals surface area (Å²) in [6.07, 6.45) is 4.57. The van der Waals surface area contributed by atoms with Crippen LogP contribution in [0.25, 0.3) is 0 Å². The number of unbranched alkanes of at least 4 members (excludes halogenated alkanes) is 1. The fourth-order valence-electron chi connectivity index (χ4n) is 4.59. The first-order chi connectivity index (χ1) is 18.5. The van der Waals surface area contributed by atoms with Gasteiger partial charge in [-0.3, -0.25) is 4.79 Å². The van der Waals surface area contributed by atoms with E-state index in [2.05, 4.69) is 17.2 Å². The van der Waals surface area contributed by atoms with Crippen LogP contribution in [0.4, 0.5) is 0 Å². The van der Waals surface area contributed by atoms with Crippen molar-refractivity contribution in [1.82, 2.24) is 14.9 Å². The second kappa shape index (κ2) is 13.1. The molecule has 0 aliphatic heterocycles. The van der Waals surface area contributed by atoms with Crippen molar-refractivity contribution in [1.29, 1.82) is 0 Å². The summed E-state index contributed by atoms with van der Waals surface area (Å²) in [7, 11) is 0. The van der Waals surface area contributed by atoms with Crippen LogP contribution in [-0.2, 0) is 29.0 Å². The van der Waals surface area contributed by atoms with Crippen LogP contribution in [0.1, 0.15) is 53.9 Å². The van der Waals surface area contributed by atoms with E-state index in [0.717, 1.165) is 47.5 Å². The standard InChI is InChI=1S/C31H32ClN3O3/c1-2-3-18-28-33-20-25(35(28)21-24-16-10-11-17-26(24)32)19-27(31(37)38)34-30(36)29(22-12-6-4-7-13-22)23-14-8-5-9-15-23/h4-17,20,27,29H,2-3,18-19,21H2,1H3,(H,34,36)(H,37,38)/t27-/m0/s1. The number of halogens is 1. The van der Waals surface area contributed by atoms with Crippen molar-refractivity contribution in [3.63, 3.8) is 0 Å². The van der Waals surface area contributed by atoms with Gasteiger partial charge in [0.2, 0.25) is 5.91 Å². The van der Waals surface area contributed by atoms with Gasteiger partial charge in [0, 0.05) is 29.8 Å². The normalized spacial score (nSPS) is 11.9. The number of aryl methyl sites for hydroxylation is 1. The minimum atomic E-state index is -1.13. The largest absolute Gasteiger partial charge is 0.480 e. The van der Waals surface area contributed by atoms with E-state index in [1.807, 2.05) is 89.5 Å². The van der Waals surface area contributed by atoms with E-state index in [0.29, 0.717) is 11.6 Å². The Kier molecular flexibility index (Phi) is 9.33. The molecule has 0 bridgehead atoms. The zero-order chi connectivity index (χ0) is 26.9. The number of aliphatic carboxylic acids is 1. The maximum absolute atomic E-state index is 13.6. The minimum absolute atomic E-state index is 0.0982. The number of hydrogen-bond acceptors (Lipinski definition) is 3. The van der Waals surface area contributed by atoms with Crippen molar-refractivity contribution in [2.75, 3.05) is 0 Å². The van der Waals surface area contributed by atoms with E-state index < -0.39 is 17.9 Å². The van der Waals surface area contributed by atoms with Crippen LogP contribution in [0.3, 0.4) is 0 Å². The van der Waals surface area contributed by atoms with Crippen LogP contribution in [-0.4, -0.2) is 32.6 Å². The van der Waals surface area contributed by atoms with Gasteiger partial charge in [-0.15, -0.1) is 0 Å². The number of benzene rings is 3. The van der Waals surface area contributed by atoms with Gasteiger partial charge in [-0.25, -0.2) is 9.78 Å². The Morgan fingerprint density at radius 2 is 1.55 bits per heavy atom. The molecule has 196 valence electrons. The molecule has 0 fully saturated rings. The molecule has 0 saturated carbocycles. The summed E-state index contributed by atoms with van der Waals surface area (Å²) in [6, 6.07) is 25.3. The summed E-state index contributed by atoms with van der Waals surface area (Å²) in [5.41, 5.74) is 3.26. The highest BCUT2D eigenvalue weighted by Gasteiger charge is 2.29. The molecule has 0 radical (unpaired) electrons. The van der Waals surface area contributed by atoms with E-state index in [1.54, 1.807) is 6.20 Å². The number of carbonyl (C=O) groups excluding carboxylic acids is 1. The zero-order valence-corrected chi connectivity index (χ0v) is 22.1. The molecule has 38 heavy (non-hydrogen) atoms. The second-order valence-corrected chi connectivity index (χ2v) is 9.71. The van der Waals surface area contributed by atoms with E-state index >= 15 is 0 Å². The molecule has 0 spiro atoms. The second-order valence-electron chi connectivity index (χ2n) is 9.30. The van der Waals surface area contributed by atoms with Crippen molar-refractivity contribution < 1.29 is 14.7 Å². The number of nitrogens with zero attached hydrogens (tertiary/aromatic N) is 2. The quantitative estimate of drug-likeness (QED) is 0.240. The summed E-state index contributed by atoms with van der Waals surface area (Å²) in [4.78, 5) is 30.6. The highest BCUT2D eigenvalue weighted by atomic mass is 35.5. The highest BCUT2D eigenvalue weighted by Crippen LogP contribution is 2.25. The third kappa shape index (κ3) is 6.69. The van der Waals surface area contributed by atoms with Gasteiger partial charge in [0.05, 0.1) is 12.5 Å². The van der Waals surface area contributed by atoms with E-state index in [9.17, 15) is 14.7 Å². The van der Waals surface area contributed by atoms with Crippen molar-refractivity contribution in [2.45, 2.75) is 51.1 Å². The van der Waals surface area contributed by atoms with Crippen molar-refractivity contribution >= 4 is 23.5 Å². The van der Waals surface area contributed by atoms with Gasteiger partial charge in [-0.1, -0.05) is 104 Å². The highest BCUT2D eigenvalue weighted by molar-refractivity contribution is 6.31. The van der Waals surface area contributed by atoms with Crippen LogP contribution in [0.15, 0.2) is 91.1 Å². The summed E-state index contributed by atoms with van der Waals surface area (Å²) < 4.78 is 2.03. The topological polar surface area (TPSA) is 84.2 Å². The molecule has 1 atom stereocenters. The van der Waals surface area contributed by atoms with Crippen molar-refractivity contribution in [3.05, 3.63) is 124 Å². The molecule has 7 heteroatoms. The Balaban J connectivity index is 1.62. The number of imidazole rings is 1. The number of aromatic nitrogens is 2. The number of amides is 1. The van der Waals surface area contributed by atoms with Crippen LogP contribution in [0.5, 0.6) is 0 Å². The molecule has 4 rings (SSSR count). The minimum Gasteiger partial charge on any atom is -0.480 e. The van der Waals surface area contributed by atoms with E-state index in [4.69, 9.17) is 11.6 Å². The Hall–Kier alpha value is -3.90. The molecular formula is C31H32ClN3O3. The Labute approximate surface area is 228 Å². The first-order valence-electron chi connectivity index (χ1n) is 12.9. The van der Waals surface area contributed by atoms with Crippen LogP contribution in [0.2, 0.25) is 5.02 Å². The number of carbonyl (C=O) groups is 2. The van der Waals surface area contributed by atoms with Gasteiger partial charge in [0.15, 0.2) is 0 Å². The lowest BCUT2D eigenvalue weighted by Crippen LogP contribution is -2.45. The van der Waals surface area contributed by atoms with E-state index in [1.165, 1.54) is 0 Å². The summed E-state index contributed by atoms with van der Waals surface area (Å²) in [5, 5.41) is 13.6. The molecule has 0 aliphatic rings. The summed E-state index contributed by atoms with van der Waals surface area (Å²) in [5.74, 6) is -1.21. The average molecular weight is 530 g/mol. The fraction of sp³-hybridized carbons (Fsp3) is 0.258. The van der Waals surface area contributed by atoms with Crippen LogP contribution >= 0.6 is 11.6 Å². The molecule has 0 saturated heterocycles. The maximum atomic E-state index is 13.6. The maximum Gasteiger partial charge on any atom is 0.326 e. The lowest BCUT2D eigenvalue weighted by Gasteiger charge is -2.22. The molecule has 2 N–H and O–H groups in total. The third-order valence-electron chi connectivity index (χ3n) is 6.62. The number of carboxylic acids is 1. The molecule has 3 aromatic carbocycles. The SMILES string of the molecule is CCCCc1ncc(C[C@H](NC(=O)C(c2ccccc2)c2ccccc2)C(=O)O)n1Cc1ccccc1Cl. The zero-order valence-electron chi connectivity index (χ0n) is 21.4. The number of rotatable bonds is 12. The molecule has 4 aromatic rings. The number of carboxylic acid groups (broad SMARTS) is 1. The Morgan fingerprint density at radius 3 is 2.13 bits per heavy atom. The van der Waals surface area contributed by atoms with Gasteiger partial charge in [0.1, 0.15) is 11.9 Å². The monoisotopic (exact) mass is 529 g/mol. The first-order valence-corrected chi connectivity index (χ1v) is 13.3. The Bertz CT molecular complexity index is 1320. The van der Waals surface area contributed by atoms with Gasteiger partial charge in [-0.05, 0) is 29.2 Å². The predicted molar refractivity (Wildman–Crippen MR) is 149 cm³/mol. The molecular weight excluding hydrogens is 498 g/mol. The lowest BCUT2D eigenvalue weighted by atomic mass is 9.90. The third-order valence-corrected chi connectivity index (χ3v) is 6.99. The summed E-state index contributed by atoms with van der Waals surface area (Å²) in [6.45, 7) is 2.60. The fourth-order valence-corrected chi connectivity index (χ4v) is 4.79. The molecule has 1 aromatic heterocycles. The molecule has 6 nitrogen and oxygen atoms in total. The smallest absolute Gasteiger partial charge is 0.326 e. The van der Waals surface area contributed by atoms with Gasteiger partial charge in [0.25, 0.3) is 0 Å². The molecule has 0 aliphatic carbocycles. The van der Waals surface area contributed by atoms with Gasteiger partial charge in [-0.2, -0.15) is 0 Å². The molecule has 1 amide bonds. The number of nitrogens with one attached hydrogen (secondary N) is 1. The van der Waals surface area contributed by atoms with Gasteiger partial charge >= 0.3 is 5.97 Å². The van der Waals surface area contributed by atoms with Gasteiger partial charge < -0.3 is 15.0 Å². The van der Waals surface area contributed by atoms with Crippen LogP contribution < -0.4 is 5.32 Å².